The summed E-state index contributed by atoms with van der Waals surface area (Å²) < 4.78 is 1.12. The molecule has 0 heterocycles. The maximum absolute atomic E-state index is 2.28. The van der Waals surface area contributed by atoms with Gasteiger partial charge in [-0.15, -0.1) is 0 Å². The van der Waals surface area contributed by atoms with Crippen molar-refractivity contribution in [2.45, 2.75) is 39.2 Å². The van der Waals surface area contributed by atoms with Crippen molar-refractivity contribution in [2.75, 3.05) is 21.1 Å². The van der Waals surface area contributed by atoms with Crippen LogP contribution in [0.5, 0.6) is 0 Å². The summed E-state index contributed by atoms with van der Waals surface area (Å²) >= 11 is 0. The highest BCUT2D eigenvalue weighted by molar-refractivity contribution is 4.52. The largest absolute Gasteiger partial charge is 0.870 e. The van der Waals surface area contributed by atoms with Crippen molar-refractivity contribution < 1.29 is 9.96 Å². The van der Waals surface area contributed by atoms with Gasteiger partial charge < -0.3 is 9.96 Å². The highest BCUT2D eigenvalue weighted by Gasteiger charge is 2.19. The molecule has 0 aromatic carbocycles. The molecule has 1 atom stereocenters. The standard InChI is InChI=1S/C9H22N.H2O/c1-6-8-9(7-2)10(3,4)5;/h9H,6-8H2,1-5H3;1H2/q+1;/p-1. The lowest BCUT2D eigenvalue weighted by molar-refractivity contribution is -0.896. The summed E-state index contributed by atoms with van der Waals surface area (Å²) in [6.45, 7) is 4.54. The Labute approximate surface area is 71.1 Å². The number of rotatable bonds is 4. The molecule has 1 unspecified atom stereocenters. The van der Waals surface area contributed by atoms with Gasteiger partial charge in [0.15, 0.2) is 0 Å². The molecule has 0 rings (SSSR count). The van der Waals surface area contributed by atoms with Gasteiger partial charge in [0.1, 0.15) is 0 Å². The number of quaternary nitrogens is 1. The Morgan fingerprint density at radius 1 is 1.09 bits per heavy atom. The Kier molecular flexibility index (Phi) is 6.82. The molecule has 0 aliphatic rings. The second kappa shape index (κ2) is 5.56. The van der Waals surface area contributed by atoms with Crippen LogP contribution in [0.25, 0.3) is 0 Å². The lowest BCUT2D eigenvalue weighted by atomic mass is 10.1. The molecule has 11 heavy (non-hydrogen) atoms. The molecule has 0 aliphatic heterocycles. The Hall–Kier alpha value is -0.0800. The van der Waals surface area contributed by atoms with Gasteiger partial charge in [0.05, 0.1) is 27.2 Å². The van der Waals surface area contributed by atoms with E-state index in [0.717, 1.165) is 10.5 Å². The van der Waals surface area contributed by atoms with Crippen molar-refractivity contribution in [1.82, 2.24) is 0 Å². The molecule has 0 saturated heterocycles. The Balaban J connectivity index is 0. The summed E-state index contributed by atoms with van der Waals surface area (Å²) in [6.07, 6.45) is 3.98. The average Bonchev–Trinajstić information content (AvgIpc) is 1.80. The van der Waals surface area contributed by atoms with Gasteiger partial charge in [-0.2, -0.15) is 0 Å². The third-order valence-corrected chi connectivity index (χ3v) is 2.19. The van der Waals surface area contributed by atoms with Crippen molar-refractivity contribution >= 4 is 0 Å². The van der Waals surface area contributed by atoms with E-state index in [2.05, 4.69) is 35.0 Å². The number of hydrogen-bond acceptors (Lipinski definition) is 1. The van der Waals surface area contributed by atoms with Gasteiger partial charge in [0, 0.05) is 0 Å². The molecule has 0 radical (unpaired) electrons. The first-order valence-electron chi connectivity index (χ1n) is 4.33. The maximum Gasteiger partial charge on any atom is 0.0881 e. The maximum atomic E-state index is 2.28. The van der Waals surface area contributed by atoms with Crippen molar-refractivity contribution in [3.8, 4) is 0 Å². The number of hydrogen-bond donors (Lipinski definition) is 0. The van der Waals surface area contributed by atoms with Crippen LogP contribution in [0.1, 0.15) is 33.1 Å². The molecule has 0 aromatic rings. The first kappa shape index (κ1) is 13.5. The molecule has 0 saturated carbocycles. The van der Waals surface area contributed by atoms with Crippen molar-refractivity contribution in [2.24, 2.45) is 0 Å². The van der Waals surface area contributed by atoms with Gasteiger partial charge in [-0.05, 0) is 12.8 Å². The predicted molar refractivity (Wildman–Crippen MR) is 49.0 cm³/mol. The van der Waals surface area contributed by atoms with Crippen LogP contribution in [0.2, 0.25) is 0 Å². The normalized spacial score (nSPS) is 13.9. The lowest BCUT2D eigenvalue weighted by Crippen LogP contribution is -2.44. The van der Waals surface area contributed by atoms with Crippen LogP contribution in [-0.4, -0.2) is 37.1 Å². The summed E-state index contributed by atoms with van der Waals surface area (Å²) in [5.74, 6) is 0. The Bertz CT molecular complexity index is 86.1. The average molecular weight is 161 g/mol. The predicted octanol–water partition coefficient (Wildman–Crippen LogP) is 2.09. The minimum Gasteiger partial charge on any atom is -0.870 e. The van der Waals surface area contributed by atoms with Crippen LogP contribution >= 0.6 is 0 Å². The molecule has 0 aromatic heterocycles. The first-order chi connectivity index (χ1) is 4.52. The zero-order valence-corrected chi connectivity index (χ0v) is 8.59. The highest BCUT2D eigenvalue weighted by atomic mass is 16.0. The van der Waals surface area contributed by atoms with Crippen LogP contribution in [-0.2, 0) is 0 Å². The van der Waals surface area contributed by atoms with Gasteiger partial charge in [-0.3, -0.25) is 0 Å². The van der Waals surface area contributed by atoms with Gasteiger partial charge in [-0.1, -0.05) is 20.3 Å². The van der Waals surface area contributed by atoms with E-state index in [4.69, 9.17) is 0 Å². The lowest BCUT2D eigenvalue weighted by Gasteiger charge is -2.33. The van der Waals surface area contributed by atoms with Crippen molar-refractivity contribution in [1.29, 1.82) is 0 Å². The van der Waals surface area contributed by atoms with Crippen molar-refractivity contribution in [3.05, 3.63) is 0 Å². The van der Waals surface area contributed by atoms with Crippen LogP contribution in [0.4, 0.5) is 0 Å². The topological polar surface area (TPSA) is 30.0 Å². The number of nitrogens with zero attached hydrogens (tertiary/aromatic N) is 1. The van der Waals surface area contributed by atoms with E-state index in [0.29, 0.717) is 0 Å². The van der Waals surface area contributed by atoms with Crippen LogP contribution in [0.3, 0.4) is 0 Å². The zero-order valence-electron chi connectivity index (χ0n) is 8.59. The molecule has 2 nitrogen and oxygen atoms in total. The van der Waals surface area contributed by atoms with Gasteiger partial charge in [-0.25, -0.2) is 0 Å². The molecular weight excluding hydrogens is 138 g/mol. The molecule has 2 heteroatoms. The molecule has 0 bridgehead atoms. The fourth-order valence-corrected chi connectivity index (χ4v) is 1.47. The van der Waals surface area contributed by atoms with Crippen LogP contribution < -0.4 is 0 Å². The van der Waals surface area contributed by atoms with E-state index in [-0.39, 0.29) is 5.48 Å². The van der Waals surface area contributed by atoms with Gasteiger partial charge in [0.2, 0.25) is 0 Å². The third kappa shape index (κ3) is 5.22. The Morgan fingerprint density at radius 3 is 1.64 bits per heavy atom. The Morgan fingerprint density at radius 2 is 1.55 bits per heavy atom. The summed E-state index contributed by atoms with van der Waals surface area (Å²) in [7, 11) is 6.84. The summed E-state index contributed by atoms with van der Waals surface area (Å²) in [4.78, 5) is 0. The minimum atomic E-state index is 0. The second-order valence-corrected chi connectivity index (χ2v) is 3.97. The molecule has 0 fully saturated rings. The van der Waals surface area contributed by atoms with E-state index in [1.807, 2.05) is 0 Å². The first-order valence-corrected chi connectivity index (χ1v) is 4.33. The molecular formula is C9H23NO. The van der Waals surface area contributed by atoms with Crippen LogP contribution in [0.15, 0.2) is 0 Å². The molecule has 0 amide bonds. The molecule has 0 spiro atoms. The fraction of sp³-hybridized carbons (Fsp3) is 1.00. The summed E-state index contributed by atoms with van der Waals surface area (Å²) in [5.41, 5.74) is 0. The smallest absolute Gasteiger partial charge is 0.0881 e. The molecule has 1 N–H and O–H groups in total. The summed E-state index contributed by atoms with van der Waals surface area (Å²) in [5, 5.41) is 0. The van der Waals surface area contributed by atoms with E-state index >= 15 is 0 Å². The quantitative estimate of drug-likeness (QED) is 0.581. The molecule has 0 aliphatic carbocycles. The van der Waals surface area contributed by atoms with Crippen LogP contribution in [0, 0.1) is 0 Å². The second-order valence-electron chi connectivity index (χ2n) is 3.97. The van der Waals surface area contributed by atoms with E-state index in [9.17, 15) is 0 Å². The monoisotopic (exact) mass is 161 g/mol. The SMILES string of the molecule is CCCC(CC)[N+](C)(C)C.[OH-]. The van der Waals surface area contributed by atoms with Gasteiger partial charge in [0.25, 0.3) is 0 Å². The highest BCUT2D eigenvalue weighted by Crippen LogP contribution is 2.12. The molecule has 70 valence electrons. The van der Waals surface area contributed by atoms with Crippen molar-refractivity contribution in [3.63, 3.8) is 0 Å². The third-order valence-electron chi connectivity index (χ3n) is 2.19. The minimum absolute atomic E-state index is 0. The zero-order chi connectivity index (χ0) is 8.20. The fourth-order valence-electron chi connectivity index (χ4n) is 1.47. The van der Waals surface area contributed by atoms with E-state index in [1.165, 1.54) is 19.3 Å². The van der Waals surface area contributed by atoms with E-state index in [1.54, 1.807) is 0 Å². The van der Waals surface area contributed by atoms with Gasteiger partial charge >= 0.3 is 0 Å². The van der Waals surface area contributed by atoms with E-state index < -0.39 is 0 Å². The summed E-state index contributed by atoms with van der Waals surface area (Å²) in [6, 6.07) is 0.852.